The summed E-state index contributed by atoms with van der Waals surface area (Å²) in [7, 11) is 0. The third-order valence-electron chi connectivity index (χ3n) is 4.34. The van der Waals surface area contributed by atoms with Crippen molar-refractivity contribution in [3.05, 3.63) is 42.4 Å². The van der Waals surface area contributed by atoms with Gasteiger partial charge >= 0.3 is 0 Å². The van der Waals surface area contributed by atoms with Gasteiger partial charge in [0.1, 0.15) is 17.7 Å². The first-order valence-corrected chi connectivity index (χ1v) is 8.19. The number of furan rings is 1. The van der Waals surface area contributed by atoms with Gasteiger partial charge in [-0.05, 0) is 38.8 Å². The van der Waals surface area contributed by atoms with E-state index in [0.29, 0.717) is 12.1 Å². The van der Waals surface area contributed by atoms with Crippen LogP contribution in [0.15, 0.2) is 35.2 Å². The number of aryl methyl sites for hydroxylation is 2. The van der Waals surface area contributed by atoms with Crippen molar-refractivity contribution in [3.63, 3.8) is 0 Å². The lowest BCUT2D eigenvalue weighted by Crippen LogP contribution is -2.39. The predicted molar refractivity (Wildman–Crippen MR) is 84.6 cm³/mol. The Morgan fingerprint density at radius 1 is 1.50 bits per heavy atom. The van der Waals surface area contributed by atoms with Crippen molar-refractivity contribution in [2.24, 2.45) is 0 Å². The first-order valence-electron chi connectivity index (χ1n) is 8.19. The van der Waals surface area contributed by atoms with E-state index >= 15 is 0 Å². The molecule has 0 unspecified atom stereocenters. The Hall–Kier alpha value is -1.59. The highest BCUT2D eigenvalue weighted by Gasteiger charge is 2.33. The maximum atomic E-state index is 5.94. The van der Waals surface area contributed by atoms with Crippen molar-refractivity contribution in [3.8, 4) is 0 Å². The second-order valence-electron chi connectivity index (χ2n) is 5.94. The van der Waals surface area contributed by atoms with E-state index in [2.05, 4.69) is 28.7 Å². The van der Waals surface area contributed by atoms with E-state index in [4.69, 9.17) is 9.15 Å². The van der Waals surface area contributed by atoms with Crippen LogP contribution in [-0.2, 0) is 17.7 Å². The van der Waals surface area contributed by atoms with E-state index in [9.17, 15) is 0 Å². The summed E-state index contributed by atoms with van der Waals surface area (Å²) in [4.78, 5) is 4.50. The number of nitrogens with one attached hydrogen (secondary N) is 1. The molecule has 3 rings (SSSR count). The second kappa shape index (κ2) is 7.11. The zero-order chi connectivity index (χ0) is 15.4. The van der Waals surface area contributed by atoms with E-state index in [0.717, 1.165) is 44.0 Å². The summed E-state index contributed by atoms with van der Waals surface area (Å²) in [6, 6.07) is 4.73. The zero-order valence-electron chi connectivity index (χ0n) is 13.4. The number of imidazole rings is 1. The quantitative estimate of drug-likeness (QED) is 0.854. The van der Waals surface area contributed by atoms with Crippen molar-refractivity contribution >= 4 is 0 Å². The molecular formula is C17H25N3O2. The van der Waals surface area contributed by atoms with E-state index in [-0.39, 0.29) is 6.10 Å². The standard InChI is InChI=1S/C17H25N3O2/c1-3-20-10-9-18-17(20)16-15(8-12-22-16)19-13(2)6-7-14-5-4-11-21-14/h4-5,9-11,13,15-16,19H,3,6-8,12H2,1-2H3/t13-,15+,16+/m1/s1. The van der Waals surface area contributed by atoms with Crippen LogP contribution >= 0.6 is 0 Å². The summed E-state index contributed by atoms with van der Waals surface area (Å²) in [5.74, 6) is 2.09. The van der Waals surface area contributed by atoms with Crippen LogP contribution < -0.4 is 5.32 Å². The SMILES string of the molecule is CCn1ccnc1[C@H]1OCC[C@@H]1N[C@H](C)CCc1ccco1. The van der Waals surface area contributed by atoms with Gasteiger partial charge in [-0.2, -0.15) is 0 Å². The molecular weight excluding hydrogens is 278 g/mol. The Bertz CT molecular complexity index is 564. The minimum Gasteiger partial charge on any atom is -0.469 e. The smallest absolute Gasteiger partial charge is 0.139 e. The van der Waals surface area contributed by atoms with Gasteiger partial charge in [0.05, 0.1) is 6.26 Å². The number of nitrogens with zero attached hydrogens (tertiary/aromatic N) is 2. The Labute approximate surface area is 131 Å². The summed E-state index contributed by atoms with van der Waals surface area (Å²) >= 11 is 0. The first-order chi connectivity index (χ1) is 10.8. The van der Waals surface area contributed by atoms with Crippen LogP contribution in [0.1, 0.15) is 44.4 Å². The molecule has 0 amide bonds. The molecule has 5 nitrogen and oxygen atoms in total. The van der Waals surface area contributed by atoms with Crippen LogP contribution in [0.2, 0.25) is 0 Å². The molecule has 1 aliphatic rings. The second-order valence-corrected chi connectivity index (χ2v) is 5.94. The number of aromatic nitrogens is 2. The van der Waals surface area contributed by atoms with Crippen molar-refractivity contribution in [1.82, 2.24) is 14.9 Å². The van der Waals surface area contributed by atoms with Gasteiger partial charge < -0.3 is 19.0 Å². The van der Waals surface area contributed by atoms with Crippen LogP contribution in [0, 0.1) is 0 Å². The molecule has 2 aromatic heterocycles. The van der Waals surface area contributed by atoms with Gasteiger partial charge in [0.2, 0.25) is 0 Å². The molecule has 0 spiro atoms. The molecule has 3 heterocycles. The van der Waals surface area contributed by atoms with Gasteiger partial charge in [0.25, 0.3) is 0 Å². The summed E-state index contributed by atoms with van der Waals surface area (Å²) < 4.78 is 13.5. The fourth-order valence-electron chi connectivity index (χ4n) is 3.12. The molecule has 0 bridgehead atoms. The maximum Gasteiger partial charge on any atom is 0.139 e. The minimum atomic E-state index is 0.0565. The number of hydrogen-bond acceptors (Lipinski definition) is 4. The van der Waals surface area contributed by atoms with Gasteiger partial charge in [-0.3, -0.25) is 0 Å². The van der Waals surface area contributed by atoms with E-state index in [1.807, 2.05) is 24.5 Å². The molecule has 3 atom stereocenters. The average Bonchev–Trinajstić information content (AvgIpc) is 3.25. The van der Waals surface area contributed by atoms with Gasteiger partial charge in [-0.25, -0.2) is 4.98 Å². The third kappa shape index (κ3) is 3.42. The van der Waals surface area contributed by atoms with Crippen LogP contribution in [0.4, 0.5) is 0 Å². The van der Waals surface area contributed by atoms with E-state index in [1.165, 1.54) is 0 Å². The fourth-order valence-corrected chi connectivity index (χ4v) is 3.12. The Kier molecular flexibility index (Phi) is 4.95. The highest BCUT2D eigenvalue weighted by atomic mass is 16.5. The summed E-state index contributed by atoms with van der Waals surface area (Å²) in [6.07, 6.45) is 8.72. The van der Waals surface area contributed by atoms with E-state index in [1.54, 1.807) is 6.26 Å². The zero-order valence-corrected chi connectivity index (χ0v) is 13.4. The van der Waals surface area contributed by atoms with Crippen LogP contribution in [0.5, 0.6) is 0 Å². The average molecular weight is 303 g/mol. The predicted octanol–water partition coefficient (Wildman–Crippen LogP) is 2.94. The molecule has 1 fully saturated rings. The van der Waals surface area contributed by atoms with Crippen molar-refractivity contribution in [2.45, 2.75) is 57.8 Å². The summed E-state index contributed by atoms with van der Waals surface area (Å²) in [5, 5.41) is 3.71. The summed E-state index contributed by atoms with van der Waals surface area (Å²) in [5.41, 5.74) is 0. The normalized spacial score (nSPS) is 23.0. The highest BCUT2D eigenvalue weighted by molar-refractivity contribution is 5.04. The van der Waals surface area contributed by atoms with Crippen LogP contribution in [-0.4, -0.2) is 28.2 Å². The van der Waals surface area contributed by atoms with Gasteiger partial charge in [0, 0.05) is 44.0 Å². The molecule has 1 aliphatic heterocycles. The molecule has 22 heavy (non-hydrogen) atoms. The van der Waals surface area contributed by atoms with Crippen LogP contribution in [0.3, 0.4) is 0 Å². The lowest BCUT2D eigenvalue weighted by molar-refractivity contribution is 0.0867. The van der Waals surface area contributed by atoms with E-state index < -0.39 is 0 Å². The van der Waals surface area contributed by atoms with Crippen molar-refractivity contribution < 1.29 is 9.15 Å². The molecule has 120 valence electrons. The molecule has 0 radical (unpaired) electrons. The Balaban J connectivity index is 1.56. The molecule has 1 saturated heterocycles. The number of ether oxygens (including phenoxy) is 1. The van der Waals surface area contributed by atoms with Crippen LogP contribution in [0.25, 0.3) is 0 Å². The molecule has 1 N–H and O–H groups in total. The molecule has 2 aromatic rings. The summed E-state index contributed by atoms with van der Waals surface area (Å²) in [6.45, 7) is 6.08. The largest absolute Gasteiger partial charge is 0.469 e. The van der Waals surface area contributed by atoms with Crippen molar-refractivity contribution in [2.75, 3.05) is 6.61 Å². The Morgan fingerprint density at radius 2 is 2.41 bits per heavy atom. The number of hydrogen-bond donors (Lipinski definition) is 1. The lowest BCUT2D eigenvalue weighted by atomic mass is 10.1. The third-order valence-corrected chi connectivity index (χ3v) is 4.34. The molecule has 0 aromatic carbocycles. The monoisotopic (exact) mass is 303 g/mol. The molecule has 5 heteroatoms. The highest BCUT2D eigenvalue weighted by Crippen LogP contribution is 2.28. The maximum absolute atomic E-state index is 5.94. The fraction of sp³-hybridized carbons (Fsp3) is 0.588. The van der Waals surface area contributed by atoms with Gasteiger partial charge in [-0.15, -0.1) is 0 Å². The number of rotatable bonds is 7. The molecule has 0 aliphatic carbocycles. The van der Waals surface area contributed by atoms with Gasteiger partial charge in [-0.1, -0.05) is 0 Å². The van der Waals surface area contributed by atoms with Crippen molar-refractivity contribution in [1.29, 1.82) is 0 Å². The first kappa shape index (κ1) is 15.3. The Morgan fingerprint density at radius 3 is 3.18 bits per heavy atom. The molecule has 0 saturated carbocycles. The minimum absolute atomic E-state index is 0.0565. The topological polar surface area (TPSA) is 52.2 Å². The lowest BCUT2D eigenvalue weighted by Gasteiger charge is -2.24. The van der Waals surface area contributed by atoms with Gasteiger partial charge in [0.15, 0.2) is 0 Å².